The summed E-state index contributed by atoms with van der Waals surface area (Å²) in [7, 11) is 0. The monoisotopic (exact) mass is 569 g/mol. The lowest BCUT2D eigenvalue weighted by Crippen LogP contribution is -2.43. The molecule has 1 fully saturated rings. The van der Waals surface area contributed by atoms with E-state index in [4.69, 9.17) is 14.5 Å². The van der Waals surface area contributed by atoms with Gasteiger partial charge in [-0.3, -0.25) is 9.47 Å². The first-order chi connectivity index (χ1) is 19.9. The Morgan fingerprint density at radius 2 is 1.95 bits per heavy atom. The number of aliphatic hydroxyl groups is 1. The van der Waals surface area contributed by atoms with Crippen molar-refractivity contribution in [1.82, 2.24) is 24.4 Å². The van der Waals surface area contributed by atoms with Crippen molar-refractivity contribution in [3.05, 3.63) is 71.7 Å². The number of ether oxygens (including phenoxy) is 2. The van der Waals surface area contributed by atoms with Crippen molar-refractivity contribution < 1.29 is 19.4 Å². The number of amides is 1. The summed E-state index contributed by atoms with van der Waals surface area (Å²) in [5.41, 5.74) is 1.41. The molecule has 1 atom stereocenters. The van der Waals surface area contributed by atoms with Crippen LogP contribution >= 0.6 is 0 Å². The van der Waals surface area contributed by atoms with Gasteiger partial charge in [0.15, 0.2) is 5.65 Å². The second kappa shape index (κ2) is 11.4. The first-order valence-corrected chi connectivity index (χ1v) is 13.8. The van der Waals surface area contributed by atoms with Crippen LogP contribution in [0.2, 0.25) is 0 Å². The summed E-state index contributed by atoms with van der Waals surface area (Å²) < 4.78 is 12.9. The van der Waals surface area contributed by atoms with E-state index in [2.05, 4.69) is 21.4 Å². The molecule has 218 valence electrons. The molecule has 0 aliphatic carbocycles. The molecule has 1 aliphatic rings. The number of nitrogens with zero attached hydrogens (tertiary/aromatic N) is 6. The molecule has 1 aliphatic heterocycles. The zero-order valence-electron chi connectivity index (χ0n) is 24.5. The molecule has 11 heteroatoms. The van der Waals surface area contributed by atoms with Crippen LogP contribution in [0, 0.1) is 11.3 Å². The van der Waals surface area contributed by atoms with Crippen molar-refractivity contribution in [2.45, 2.75) is 64.8 Å². The standard InChI is InChI=1S/C31H35N7O4/c1-30(2,3)42-29(39)37(23-13-14-41-19-23)17-20-9-11-22(12-10-20)34-28-33-16-24-21(15-32)18-38(27(24)36-28)26-8-6-7-25(35-26)31(4,5)40/h6-12,16,18,23,40H,13-14,17,19H2,1-5H3,(H,33,34,36)/t23-/m1/s1. The van der Waals surface area contributed by atoms with E-state index in [0.29, 0.717) is 53.8 Å². The van der Waals surface area contributed by atoms with Crippen molar-refractivity contribution >= 4 is 28.8 Å². The maximum atomic E-state index is 13.0. The minimum absolute atomic E-state index is 0.0362. The maximum Gasteiger partial charge on any atom is 0.410 e. The number of carbonyl (C=O) groups excluding carboxylic acids is 1. The predicted molar refractivity (Wildman–Crippen MR) is 157 cm³/mol. The van der Waals surface area contributed by atoms with Crippen LogP contribution in [-0.2, 0) is 21.6 Å². The molecule has 0 unspecified atom stereocenters. The van der Waals surface area contributed by atoms with E-state index < -0.39 is 11.2 Å². The number of aromatic nitrogens is 4. The Balaban J connectivity index is 1.37. The minimum Gasteiger partial charge on any atom is -0.444 e. The predicted octanol–water partition coefficient (Wildman–Crippen LogP) is 5.18. The fourth-order valence-electron chi connectivity index (χ4n) is 4.68. The molecule has 4 aromatic rings. The van der Waals surface area contributed by atoms with Gasteiger partial charge in [0.1, 0.15) is 23.1 Å². The molecule has 1 aromatic carbocycles. The van der Waals surface area contributed by atoms with Gasteiger partial charge in [0.05, 0.1) is 29.3 Å². The molecule has 2 N–H and O–H groups in total. The van der Waals surface area contributed by atoms with Gasteiger partial charge in [-0.15, -0.1) is 0 Å². The van der Waals surface area contributed by atoms with Gasteiger partial charge in [-0.2, -0.15) is 10.2 Å². The second-order valence-corrected chi connectivity index (χ2v) is 11.8. The van der Waals surface area contributed by atoms with Gasteiger partial charge in [0.2, 0.25) is 5.95 Å². The molecule has 4 heterocycles. The lowest BCUT2D eigenvalue weighted by Gasteiger charge is -2.31. The second-order valence-electron chi connectivity index (χ2n) is 11.8. The van der Waals surface area contributed by atoms with Crippen molar-refractivity contribution in [2.24, 2.45) is 0 Å². The number of hydrogen-bond acceptors (Lipinski definition) is 9. The summed E-state index contributed by atoms with van der Waals surface area (Å²) in [6, 6.07) is 15.2. The molecule has 0 saturated carbocycles. The number of rotatable bonds is 7. The molecule has 0 radical (unpaired) electrons. The Labute approximate surface area is 244 Å². The Morgan fingerprint density at radius 3 is 2.60 bits per heavy atom. The number of anilines is 2. The van der Waals surface area contributed by atoms with Gasteiger partial charge in [-0.05, 0) is 70.9 Å². The van der Waals surface area contributed by atoms with E-state index in [1.54, 1.807) is 53.9 Å². The van der Waals surface area contributed by atoms with Crippen LogP contribution in [0.1, 0.15) is 57.9 Å². The van der Waals surface area contributed by atoms with Crippen LogP contribution in [0.15, 0.2) is 54.9 Å². The molecule has 3 aromatic heterocycles. The average Bonchev–Trinajstić information content (AvgIpc) is 3.59. The van der Waals surface area contributed by atoms with Gasteiger partial charge in [0, 0.05) is 31.2 Å². The number of nitrogens with one attached hydrogen (secondary N) is 1. The van der Waals surface area contributed by atoms with Gasteiger partial charge < -0.3 is 19.9 Å². The van der Waals surface area contributed by atoms with Crippen LogP contribution in [0.3, 0.4) is 0 Å². The largest absolute Gasteiger partial charge is 0.444 e. The van der Waals surface area contributed by atoms with Crippen LogP contribution in [0.5, 0.6) is 0 Å². The van der Waals surface area contributed by atoms with Gasteiger partial charge in [-0.1, -0.05) is 18.2 Å². The zero-order valence-corrected chi connectivity index (χ0v) is 24.5. The molecule has 0 bridgehead atoms. The van der Waals surface area contributed by atoms with E-state index in [1.165, 1.54) is 0 Å². The van der Waals surface area contributed by atoms with E-state index >= 15 is 0 Å². The molecule has 5 rings (SSSR count). The number of nitriles is 1. The molecular formula is C31H35N7O4. The summed E-state index contributed by atoms with van der Waals surface area (Å²) in [6.07, 6.45) is 3.69. The molecule has 1 amide bonds. The van der Waals surface area contributed by atoms with Crippen molar-refractivity contribution in [1.29, 1.82) is 5.26 Å². The Kier molecular flexibility index (Phi) is 7.86. The highest BCUT2D eigenvalue weighted by molar-refractivity contribution is 5.85. The number of carbonyl (C=O) groups is 1. The normalized spacial score (nSPS) is 15.4. The first kappa shape index (κ1) is 29.0. The highest BCUT2D eigenvalue weighted by Gasteiger charge is 2.31. The fourth-order valence-corrected chi connectivity index (χ4v) is 4.68. The number of fused-ring (bicyclic) bond motifs is 1. The highest BCUT2D eigenvalue weighted by atomic mass is 16.6. The third-order valence-corrected chi connectivity index (χ3v) is 6.81. The SMILES string of the molecule is CC(C)(C)OC(=O)N(Cc1ccc(Nc2ncc3c(C#N)cn(-c4cccc(C(C)(C)O)n4)c3n2)cc1)[C@@H]1CCOC1. The third-order valence-electron chi connectivity index (χ3n) is 6.81. The van der Waals surface area contributed by atoms with Crippen molar-refractivity contribution in [2.75, 3.05) is 18.5 Å². The van der Waals surface area contributed by atoms with E-state index in [1.807, 2.05) is 45.0 Å². The Morgan fingerprint density at radius 1 is 1.19 bits per heavy atom. The van der Waals surface area contributed by atoms with E-state index in [0.717, 1.165) is 17.7 Å². The van der Waals surface area contributed by atoms with Crippen molar-refractivity contribution in [3.8, 4) is 11.9 Å². The highest BCUT2D eigenvalue weighted by Crippen LogP contribution is 2.26. The van der Waals surface area contributed by atoms with Gasteiger partial charge in [0.25, 0.3) is 0 Å². The first-order valence-electron chi connectivity index (χ1n) is 13.8. The summed E-state index contributed by atoms with van der Waals surface area (Å²) in [4.78, 5) is 28.4. The van der Waals surface area contributed by atoms with Crippen LogP contribution in [0.4, 0.5) is 16.4 Å². The smallest absolute Gasteiger partial charge is 0.410 e. The van der Waals surface area contributed by atoms with Crippen LogP contribution in [-0.4, -0.2) is 60.5 Å². The van der Waals surface area contributed by atoms with E-state index in [-0.39, 0.29) is 12.1 Å². The van der Waals surface area contributed by atoms with Gasteiger partial charge in [-0.25, -0.2) is 14.8 Å². The summed E-state index contributed by atoms with van der Waals surface area (Å²) in [5, 5.41) is 23.9. The molecular weight excluding hydrogens is 534 g/mol. The van der Waals surface area contributed by atoms with Gasteiger partial charge >= 0.3 is 6.09 Å². The Hall–Kier alpha value is -4.53. The average molecular weight is 570 g/mol. The summed E-state index contributed by atoms with van der Waals surface area (Å²) in [5.74, 6) is 0.869. The lowest BCUT2D eigenvalue weighted by atomic mass is 10.1. The molecule has 1 saturated heterocycles. The molecule has 0 spiro atoms. The topological polar surface area (TPSA) is 138 Å². The third kappa shape index (κ3) is 6.51. The number of benzene rings is 1. The minimum atomic E-state index is -1.13. The Bertz CT molecular complexity index is 1620. The summed E-state index contributed by atoms with van der Waals surface area (Å²) in [6.45, 7) is 10.4. The molecule has 11 nitrogen and oxygen atoms in total. The fraction of sp³-hybridized carbons (Fsp3) is 0.387. The zero-order chi connectivity index (χ0) is 30.1. The molecule has 42 heavy (non-hydrogen) atoms. The van der Waals surface area contributed by atoms with Crippen LogP contribution in [0.25, 0.3) is 16.9 Å². The lowest BCUT2D eigenvalue weighted by molar-refractivity contribution is 0.0126. The number of hydrogen-bond donors (Lipinski definition) is 2. The maximum absolute atomic E-state index is 13.0. The van der Waals surface area contributed by atoms with E-state index in [9.17, 15) is 15.2 Å². The van der Waals surface area contributed by atoms with Crippen molar-refractivity contribution in [3.63, 3.8) is 0 Å². The summed E-state index contributed by atoms with van der Waals surface area (Å²) >= 11 is 0. The number of pyridine rings is 1. The van der Waals surface area contributed by atoms with Crippen LogP contribution < -0.4 is 5.32 Å². The quantitative estimate of drug-likeness (QED) is 0.308.